The molecule has 3 N–H and O–H groups in total. The molecule has 1 aliphatic carbocycles. The van der Waals surface area contributed by atoms with Gasteiger partial charge in [-0.15, -0.1) is 0 Å². The number of benzene rings is 1. The van der Waals surface area contributed by atoms with Crippen LogP contribution in [0.2, 0.25) is 0 Å². The van der Waals surface area contributed by atoms with Crippen LogP contribution in [0.5, 0.6) is 0 Å². The lowest BCUT2D eigenvalue weighted by atomic mass is 10.0. The number of anilines is 2. The summed E-state index contributed by atoms with van der Waals surface area (Å²) in [7, 11) is 0. The lowest BCUT2D eigenvalue weighted by molar-refractivity contribution is 0.518. The zero-order valence-electron chi connectivity index (χ0n) is 10.4. The first-order valence-corrected chi connectivity index (χ1v) is 7.25. The minimum atomic E-state index is 0.846. The molecule has 17 heavy (non-hydrogen) atoms. The predicted octanol–water partition coefficient (Wildman–Crippen LogP) is 4.33. The predicted molar refractivity (Wildman–Crippen MR) is 78.4 cm³/mol. The molecular weight excluding hydrogens is 276 g/mol. The number of rotatable bonds is 4. The Morgan fingerprint density at radius 1 is 1.35 bits per heavy atom. The Labute approximate surface area is 112 Å². The molecule has 94 valence electrons. The van der Waals surface area contributed by atoms with Crippen molar-refractivity contribution in [3.05, 3.63) is 22.2 Å². The molecule has 0 aliphatic heterocycles. The Morgan fingerprint density at radius 2 is 2.06 bits per heavy atom. The standard InChI is InChI=1S/C14H21BrN2/c1-10-8-14(12(15)9-13(10)16)17-7-6-11-4-2-3-5-11/h8-9,11,17H,2-7,16H2,1H3. The second kappa shape index (κ2) is 5.76. The molecule has 0 radical (unpaired) electrons. The van der Waals surface area contributed by atoms with Gasteiger partial charge in [0.2, 0.25) is 0 Å². The van der Waals surface area contributed by atoms with Crippen molar-refractivity contribution in [2.45, 2.75) is 39.0 Å². The fraction of sp³-hybridized carbons (Fsp3) is 0.571. The van der Waals surface area contributed by atoms with Crippen LogP contribution in [0.25, 0.3) is 0 Å². The van der Waals surface area contributed by atoms with E-state index in [1.807, 2.05) is 13.0 Å². The van der Waals surface area contributed by atoms with Gasteiger partial charge in [0.25, 0.3) is 0 Å². The van der Waals surface area contributed by atoms with Crippen LogP contribution in [0.4, 0.5) is 11.4 Å². The number of nitrogens with one attached hydrogen (secondary N) is 1. The van der Waals surface area contributed by atoms with Crippen LogP contribution in [0.3, 0.4) is 0 Å². The minimum absolute atomic E-state index is 0.846. The fourth-order valence-corrected chi connectivity index (χ4v) is 3.04. The van der Waals surface area contributed by atoms with Crippen molar-refractivity contribution in [1.82, 2.24) is 0 Å². The first-order valence-electron chi connectivity index (χ1n) is 6.46. The summed E-state index contributed by atoms with van der Waals surface area (Å²) in [6.07, 6.45) is 6.98. The largest absolute Gasteiger partial charge is 0.398 e. The highest BCUT2D eigenvalue weighted by molar-refractivity contribution is 9.10. The summed E-state index contributed by atoms with van der Waals surface area (Å²) in [6, 6.07) is 4.10. The average molecular weight is 297 g/mol. The van der Waals surface area contributed by atoms with Crippen LogP contribution in [-0.2, 0) is 0 Å². The van der Waals surface area contributed by atoms with E-state index in [1.54, 1.807) is 0 Å². The number of hydrogen-bond donors (Lipinski definition) is 2. The van der Waals surface area contributed by atoms with E-state index < -0.39 is 0 Å². The minimum Gasteiger partial charge on any atom is -0.398 e. The maximum Gasteiger partial charge on any atom is 0.0488 e. The van der Waals surface area contributed by atoms with Gasteiger partial charge in [0, 0.05) is 22.4 Å². The lowest BCUT2D eigenvalue weighted by Crippen LogP contribution is -2.07. The zero-order valence-corrected chi connectivity index (χ0v) is 12.0. The Morgan fingerprint density at radius 3 is 2.76 bits per heavy atom. The van der Waals surface area contributed by atoms with E-state index >= 15 is 0 Å². The van der Waals surface area contributed by atoms with Crippen LogP contribution >= 0.6 is 15.9 Å². The van der Waals surface area contributed by atoms with Crippen molar-refractivity contribution < 1.29 is 0 Å². The topological polar surface area (TPSA) is 38.0 Å². The van der Waals surface area contributed by atoms with Crippen molar-refractivity contribution >= 4 is 27.3 Å². The van der Waals surface area contributed by atoms with Gasteiger partial charge in [0.15, 0.2) is 0 Å². The number of halogens is 1. The Balaban J connectivity index is 1.87. The molecule has 0 heterocycles. The van der Waals surface area contributed by atoms with Crippen molar-refractivity contribution in [2.24, 2.45) is 5.92 Å². The summed E-state index contributed by atoms with van der Waals surface area (Å²) in [4.78, 5) is 0. The molecule has 0 aromatic heterocycles. The van der Waals surface area contributed by atoms with Crippen LogP contribution in [0.15, 0.2) is 16.6 Å². The maximum atomic E-state index is 5.86. The lowest BCUT2D eigenvalue weighted by Gasteiger charge is -2.13. The number of hydrogen-bond acceptors (Lipinski definition) is 2. The normalized spacial score (nSPS) is 16.4. The summed E-state index contributed by atoms with van der Waals surface area (Å²) in [5.41, 5.74) is 9.00. The number of aryl methyl sites for hydroxylation is 1. The molecule has 0 amide bonds. The van der Waals surface area contributed by atoms with E-state index in [2.05, 4.69) is 27.3 Å². The fourth-order valence-electron chi connectivity index (χ4n) is 2.54. The molecule has 0 bridgehead atoms. The average Bonchev–Trinajstić information content (AvgIpc) is 2.78. The Bertz CT molecular complexity index is 384. The highest BCUT2D eigenvalue weighted by Gasteiger charge is 2.14. The van der Waals surface area contributed by atoms with Gasteiger partial charge in [-0.25, -0.2) is 0 Å². The highest BCUT2D eigenvalue weighted by Crippen LogP contribution is 2.30. The van der Waals surface area contributed by atoms with Crippen LogP contribution in [-0.4, -0.2) is 6.54 Å². The summed E-state index contributed by atoms with van der Waals surface area (Å²) in [5.74, 6) is 0.941. The summed E-state index contributed by atoms with van der Waals surface area (Å²) in [5, 5.41) is 3.51. The molecule has 0 spiro atoms. The quantitative estimate of drug-likeness (QED) is 0.812. The number of nitrogens with two attached hydrogens (primary N) is 1. The summed E-state index contributed by atoms with van der Waals surface area (Å²) >= 11 is 3.55. The second-order valence-corrected chi connectivity index (χ2v) is 5.91. The van der Waals surface area contributed by atoms with Gasteiger partial charge in [-0.3, -0.25) is 0 Å². The molecule has 1 fully saturated rings. The van der Waals surface area contributed by atoms with Gasteiger partial charge in [-0.05, 0) is 52.9 Å². The third-order valence-corrected chi connectivity index (χ3v) is 4.35. The van der Waals surface area contributed by atoms with Crippen molar-refractivity contribution in [1.29, 1.82) is 0 Å². The van der Waals surface area contributed by atoms with E-state index in [-0.39, 0.29) is 0 Å². The molecule has 0 atom stereocenters. The SMILES string of the molecule is Cc1cc(NCCC2CCCC2)c(Br)cc1N. The van der Waals surface area contributed by atoms with Gasteiger partial charge < -0.3 is 11.1 Å². The monoisotopic (exact) mass is 296 g/mol. The Hall–Kier alpha value is -0.700. The van der Waals surface area contributed by atoms with Crippen molar-refractivity contribution in [3.8, 4) is 0 Å². The second-order valence-electron chi connectivity index (χ2n) is 5.05. The van der Waals surface area contributed by atoms with Gasteiger partial charge in [0.05, 0.1) is 0 Å². The van der Waals surface area contributed by atoms with Crippen LogP contribution in [0.1, 0.15) is 37.7 Å². The zero-order chi connectivity index (χ0) is 12.3. The molecule has 0 unspecified atom stereocenters. The first-order chi connectivity index (χ1) is 8.16. The van der Waals surface area contributed by atoms with E-state index in [0.29, 0.717) is 0 Å². The smallest absolute Gasteiger partial charge is 0.0488 e. The third kappa shape index (κ3) is 3.38. The van der Waals surface area contributed by atoms with Crippen molar-refractivity contribution in [3.63, 3.8) is 0 Å². The highest BCUT2D eigenvalue weighted by atomic mass is 79.9. The maximum absolute atomic E-state index is 5.86. The van der Waals surface area contributed by atoms with E-state index in [1.165, 1.54) is 32.1 Å². The molecule has 2 nitrogen and oxygen atoms in total. The molecular formula is C14H21BrN2. The van der Waals surface area contributed by atoms with Gasteiger partial charge in [0.1, 0.15) is 0 Å². The number of nitrogen functional groups attached to an aromatic ring is 1. The van der Waals surface area contributed by atoms with E-state index in [4.69, 9.17) is 5.73 Å². The molecule has 1 aliphatic rings. The van der Waals surface area contributed by atoms with Gasteiger partial charge in [-0.2, -0.15) is 0 Å². The van der Waals surface area contributed by atoms with E-state index in [9.17, 15) is 0 Å². The van der Waals surface area contributed by atoms with E-state index in [0.717, 1.165) is 33.9 Å². The van der Waals surface area contributed by atoms with Gasteiger partial charge >= 0.3 is 0 Å². The molecule has 1 aromatic carbocycles. The molecule has 0 saturated heterocycles. The summed E-state index contributed by atoms with van der Waals surface area (Å²) < 4.78 is 1.06. The van der Waals surface area contributed by atoms with Crippen LogP contribution in [0, 0.1) is 12.8 Å². The molecule has 1 aromatic rings. The third-order valence-electron chi connectivity index (χ3n) is 3.70. The van der Waals surface area contributed by atoms with Gasteiger partial charge in [-0.1, -0.05) is 25.7 Å². The molecule has 1 saturated carbocycles. The molecule has 3 heteroatoms. The van der Waals surface area contributed by atoms with Crippen LogP contribution < -0.4 is 11.1 Å². The Kier molecular flexibility index (Phi) is 4.32. The molecule has 2 rings (SSSR count). The summed E-state index contributed by atoms with van der Waals surface area (Å²) in [6.45, 7) is 3.11. The first kappa shape index (κ1) is 12.7. The van der Waals surface area contributed by atoms with Crippen molar-refractivity contribution in [2.75, 3.05) is 17.6 Å².